The molecular weight excluding hydrogens is 388 g/mol. The van der Waals surface area contributed by atoms with Gasteiger partial charge in [0.2, 0.25) is 0 Å². The lowest BCUT2D eigenvalue weighted by Crippen LogP contribution is -2.04. The van der Waals surface area contributed by atoms with E-state index in [1.54, 1.807) is 32.0 Å². The highest BCUT2D eigenvalue weighted by atomic mass is 16.5. The summed E-state index contributed by atoms with van der Waals surface area (Å²) >= 11 is 0. The van der Waals surface area contributed by atoms with Crippen molar-refractivity contribution in [3.63, 3.8) is 0 Å². The number of esters is 2. The Labute approximate surface area is 179 Å². The van der Waals surface area contributed by atoms with Crippen molar-refractivity contribution >= 4 is 18.2 Å². The van der Waals surface area contributed by atoms with Gasteiger partial charge in [0, 0.05) is 24.5 Å². The van der Waals surface area contributed by atoms with Crippen LogP contribution in [0.2, 0.25) is 0 Å². The van der Waals surface area contributed by atoms with Gasteiger partial charge in [0.05, 0.1) is 26.4 Å². The molecule has 0 amide bonds. The third kappa shape index (κ3) is 12.1. The highest BCUT2D eigenvalue weighted by Crippen LogP contribution is 2.23. The average molecular weight is 423 g/mol. The lowest BCUT2D eigenvalue weighted by Gasteiger charge is -2.11. The summed E-state index contributed by atoms with van der Waals surface area (Å²) in [4.78, 5) is 33.7. The van der Waals surface area contributed by atoms with Gasteiger partial charge in [-0.3, -0.25) is 14.4 Å². The summed E-state index contributed by atoms with van der Waals surface area (Å²) in [7, 11) is 0. The molecule has 0 aliphatic heterocycles. The van der Waals surface area contributed by atoms with Crippen molar-refractivity contribution in [2.75, 3.05) is 26.4 Å². The Bertz CT molecular complexity index is 594. The Morgan fingerprint density at radius 2 is 1.20 bits per heavy atom. The molecule has 0 saturated carbocycles. The first-order valence-electron chi connectivity index (χ1n) is 10.8. The molecule has 0 bridgehead atoms. The molecule has 0 unspecified atom stereocenters. The second-order valence-corrected chi connectivity index (χ2v) is 6.78. The van der Waals surface area contributed by atoms with E-state index in [0.29, 0.717) is 56.3 Å². The maximum Gasteiger partial charge on any atom is 0.305 e. The monoisotopic (exact) mass is 422 g/mol. The second kappa shape index (κ2) is 16.3. The van der Waals surface area contributed by atoms with E-state index in [9.17, 15) is 14.4 Å². The molecule has 1 aromatic carbocycles. The van der Waals surface area contributed by atoms with Crippen LogP contribution in [0.15, 0.2) is 18.2 Å². The van der Waals surface area contributed by atoms with E-state index in [-0.39, 0.29) is 11.9 Å². The predicted octanol–water partition coefficient (Wildman–Crippen LogP) is 4.50. The Balaban J connectivity index is 2.29. The number of ether oxygens (including phenoxy) is 4. The molecule has 0 saturated heterocycles. The molecule has 0 spiro atoms. The summed E-state index contributed by atoms with van der Waals surface area (Å²) in [6.45, 7) is 5.41. The summed E-state index contributed by atoms with van der Waals surface area (Å²) in [5.41, 5.74) is 0.493. The average Bonchev–Trinajstić information content (AvgIpc) is 2.73. The molecule has 0 aliphatic rings. The molecule has 7 heteroatoms. The number of carbonyl (C=O) groups excluding carboxylic acids is 3. The largest absolute Gasteiger partial charge is 0.493 e. The normalized spacial score (nSPS) is 10.3. The summed E-state index contributed by atoms with van der Waals surface area (Å²) < 4.78 is 21.2. The van der Waals surface area contributed by atoms with Crippen LogP contribution in [0.1, 0.15) is 75.6 Å². The molecule has 168 valence electrons. The number of benzene rings is 1. The van der Waals surface area contributed by atoms with Gasteiger partial charge in [-0.15, -0.1) is 0 Å². The number of carbonyl (C=O) groups is 3. The minimum Gasteiger partial charge on any atom is -0.493 e. The first-order chi connectivity index (χ1) is 14.6. The molecular formula is C23H34O7. The topological polar surface area (TPSA) is 88.1 Å². The van der Waals surface area contributed by atoms with Gasteiger partial charge in [0.25, 0.3) is 0 Å². The van der Waals surface area contributed by atoms with Crippen LogP contribution in [0.4, 0.5) is 0 Å². The zero-order valence-corrected chi connectivity index (χ0v) is 18.2. The van der Waals surface area contributed by atoms with Gasteiger partial charge in [-0.1, -0.05) is 0 Å². The summed E-state index contributed by atoms with van der Waals surface area (Å²) in [5, 5.41) is 0. The Morgan fingerprint density at radius 1 is 0.733 bits per heavy atom. The van der Waals surface area contributed by atoms with Gasteiger partial charge in [0.15, 0.2) is 0 Å². The van der Waals surface area contributed by atoms with Gasteiger partial charge in [-0.2, -0.15) is 0 Å². The second-order valence-electron chi connectivity index (χ2n) is 6.78. The van der Waals surface area contributed by atoms with E-state index in [4.69, 9.17) is 18.9 Å². The molecule has 0 N–H and O–H groups in total. The Kier molecular flexibility index (Phi) is 13.8. The number of hydrogen-bond acceptors (Lipinski definition) is 7. The van der Waals surface area contributed by atoms with Crippen LogP contribution in [0.5, 0.6) is 11.5 Å². The number of aldehydes is 1. The third-order valence-electron chi connectivity index (χ3n) is 4.24. The minimum absolute atomic E-state index is 0.167. The van der Waals surface area contributed by atoms with Crippen LogP contribution in [0.3, 0.4) is 0 Å². The first-order valence-corrected chi connectivity index (χ1v) is 10.8. The number of unbranched alkanes of at least 4 members (excludes halogenated alkanes) is 4. The Hall–Kier alpha value is -2.57. The van der Waals surface area contributed by atoms with Gasteiger partial charge in [-0.05, 0) is 64.5 Å². The van der Waals surface area contributed by atoms with Crippen LogP contribution in [0.25, 0.3) is 0 Å². The summed E-state index contributed by atoms with van der Waals surface area (Å²) in [6, 6.07) is 5.12. The molecule has 0 radical (unpaired) electrons. The van der Waals surface area contributed by atoms with Gasteiger partial charge in [-0.25, -0.2) is 0 Å². The standard InChI is InChI=1S/C23H34O7/c1-3-27-22(25)11-7-5-9-13-29-20-15-19(18-24)16-21(17-20)30-14-10-6-8-12-23(26)28-4-2/h15-18H,3-14H2,1-2H3. The van der Waals surface area contributed by atoms with Gasteiger partial charge < -0.3 is 18.9 Å². The predicted molar refractivity (Wildman–Crippen MR) is 113 cm³/mol. The molecule has 1 aromatic rings. The number of rotatable bonds is 17. The minimum atomic E-state index is -0.167. The molecule has 0 fully saturated rings. The van der Waals surface area contributed by atoms with Crippen molar-refractivity contribution in [1.82, 2.24) is 0 Å². The van der Waals surface area contributed by atoms with Crippen molar-refractivity contribution in [3.8, 4) is 11.5 Å². The van der Waals surface area contributed by atoms with E-state index >= 15 is 0 Å². The quantitative estimate of drug-likeness (QED) is 0.207. The van der Waals surface area contributed by atoms with E-state index in [1.807, 2.05) is 0 Å². The van der Waals surface area contributed by atoms with Crippen molar-refractivity contribution in [3.05, 3.63) is 23.8 Å². The fraction of sp³-hybridized carbons (Fsp3) is 0.609. The van der Waals surface area contributed by atoms with Crippen LogP contribution in [-0.2, 0) is 19.1 Å². The first kappa shape index (κ1) is 25.5. The molecule has 0 aromatic heterocycles. The highest BCUT2D eigenvalue weighted by Gasteiger charge is 2.05. The van der Waals surface area contributed by atoms with E-state index in [1.165, 1.54) is 0 Å². The molecule has 30 heavy (non-hydrogen) atoms. The van der Waals surface area contributed by atoms with Crippen molar-refractivity contribution < 1.29 is 33.3 Å². The summed E-state index contributed by atoms with van der Waals surface area (Å²) in [6.07, 6.45) is 6.48. The Morgan fingerprint density at radius 3 is 1.60 bits per heavy atom. The van der Waals surface area contributed by atoms with Gasteiger partial charge >= 0.3 is 11.9 Å². The molecule has 7 nitrogen and oxygen atoms in total. The molecule has 0 heterocycles. The number of hydrogen-bond donors (Lipinski definition) is 0. The fourth-order valence-corrected chi connectivity index (χ4v) is 2.77. The van der Waals surface area contributed by atoms with E-state index in [0.717, 1.165) is 44.8 Å². The van der Waals surface area contributed by atoms with Crippen LogP contribution in [0, 0.1) is 0 Å². The van der Waals surface area contributed by atoms with Crippen molar-refractivity contribution in [1.29, 1.82) is 0 Å². The van der Waals surface area contributed by atoms with Crippen molar-refractivity contribution in [2.24, 2.45) is 0 Å². The van der Waals surface area contributed by atoms with Crippen LogP contribution in [-0.4, -0.2) is 44.7 Å². The summed E-state index contributed by atoms with van der Waals surface area (Å²) in [5.74, 6) is 0.837. The third-order valence-corrected chi connectivity index (χ3v) is 4.24. The van der Waals surface area contributed by atoms with Crippen molar-refractivity contribution in [2.45, 2.75) is 65.2 Å². The molecule has 1 rings (SSSR count). The highest BCUT2D eigenvalue weighted by molar-refractivity contribution is 5.76. The zero-order chi connectivity index (χ0) is 22.0. The van der Waals surface area contributed by atoms with Crippen LogP contribution >= 0.6 is 0 Å². The maximum absolute atomic E-state index is 11.3. The van der Waals surface area contributed by atoms with E-state index < -0.39 is 0 Å². The van der Waals surface area contributed by atoms with Crippen LogP contribution < -0.4 is 9.47 Å². The fourth-order valence-electron chi connectivity index (χ4n) is 2.77. The maximum atomic E-state index is 11.3. The molecule has 0 aliphatic carbocycles. The lowest BCUT2D eigenvalue weighted by atomic mass is 10.2. The zero-order valence-electron chi connectivity index (χ0n) is 18.2. The van der Waals surface area contributed by atoms with E-state index in [2.05, 4.69) is 0 Å². The molecule has 0 atom stereocenters. The van der Waals surface area contributed by atoms with Gasteiger partial charge in [0.1, 0.15) is 17.8 Å². The lowest BCUT2D eigenvalue weighted by molar-refractivity contribution is -0.144. The SMILES string of the molecule is CCOC(=O)CCCCCOc1cc(C=O)cc(OCCCCCC(=O)OCC)c1. The smallest absolute Gasteiger partial charge is 0.305 e.